The zero-order valence-corrected chi connectivity index (χ0v) is 12.8. The Hall–Kier alpha value is -1.16. The maximum Gasteiger partial charge on any atom is 0.236 e. The molecule has 0 aromatic carbocycles. The van der Waals surface area contributed by atoms with Crippen molar-refractivity contribution in [1.29, 1.82) is 0 Å². The second-order valence-corrected chi connectivity index (χ2v) is 11.6. The zero-order chi connectivity index (χ0) is 13.9. The third-order valence-corrected chi connectivity index (χ3v) is 4.55. The molecule has 0 saturated carbocycles. The van der Waals surface area contributed by atoms with Gasteiger partial charge in [0, 0.05) is 15.0 Å². The van der Waals surface area contributed by atoms with E-state index in [9.17, 15) is 9.59 Å². The van der Waals surface area contributed by atoms with Crippen LogP contribution in [-0.2, 0) is 9.59 Å². The first-order valence-corrected chi connectivity index (χ1v) is 10.1. The third kappa shape index (κ3) is 3.67. The second-order valence-electron chi connectivity index (χ2n) is 6.07. The summed E-state index contributed by atoms with van der Waals surface area (Å²) >= 11 is 0. The van der Waals surface area contributed by atoms with Crippen LogP contribution in [0.2, 0.25) is 25.7 Å². The quantitative estimate of drug-likeness (QED) is 0.579. The van der Waals surface area contributed by atoms with Crippen LogP contribution in [0.4, 0.5) is 0 Å². The number of rotatable bonds is 4. The lowest BCUT2D eigenvalue weighted by molar-refractivity contribution is -0.142. The average molecular weight is 265 g/mol. The summed E-state index contributed by atoms with van der Waals surface area (Å²) in [5.41, 5.74) is 0. The highest BCUT2D eigenvalue weighted by Gasteiger charge is 2.38. The molecule has 1 heterocycles. The van der Waals surface area contributed by atoms with Crippen LogP contribution in [-0.4, -0.2) is 30.8 Å². The number of imide groups is 1. The minimum atomic E-state index is -1.12. The molecule has 1 aliphatic rings. The van der Waals surface area contributed by atoms with E-state index in [1.54, 1.807) is 6.08 Å². The van der Waals surface area contributed by atoms with Crippen LogP contribution in [0.15, 0.2) is 24.8 Å². The Bertz CT molecular complexity index is 382. The topological polar surface area (TPSA) is 37.4 Å². The number of allylic oxidation sites excluding steroid dienone is 1. The Morgan fingerprint density at radius 2 is 2.11 bits per heavy atom. The van der Waals surface area contributed by atoms with Crippen LogP contribution in [0, 0.1) is 5.92 Å². The Morgan fingerprint density at radius 1 is 1.50 bits per heavy atom. The monoisotopic (exact) mass is 265 g/mol. The first kappa shape index (κ1) is 14.9. The molecule has 1 aliphatic heterocycles. The van der Waals surface area contributed by atoms with Crippen LogP contribution < -0.4 is 0 Å². The lowest BCUT2D eigenvalue weighted by Crippen LogP contribution is -2.36. The summed E-state index contributed by atoms with van der Waals surface area (Å²) in [7, 11) is -1.12. The van der Waals surface area contributed by atoms with Crippen molar-refractivity contribution >= 4 is 19.9 Å². The smallest absolute Gasteiger partial charge is 0.236 e. The molecule has 0 unspecified atom stereocenters. The van der Waals surface area contributed by atoms with Crippen molar-refractivity contribution < 1.29 is 9.59 Å². The van der Waals surface area contributed by atoms with Crippen LogP contribution in [0.25, 0.3) is 0 Å². The van der Waals surface area contributed by atoms with Gasteiger partial charge in [0.05, 0.1) is 12.0 Å². The maximum atomic E-state index is 12.0. The molecule has 2 amide bonds. The van der Waals surface area contributed by atoms with E-state index in [1.165, 1.54) is 11.8 Å². The van der Waals surface area contributed by atoms with E-state index in [1.807, 2.05) is 6.08 Å². The summed E-state index contributed by atoms with van der Waals surface area (Å²) in [4.78, 5) is 24.9. The van der Waals surface area contributed by atoms with E-state index in [0.29, 0.717) is 6.42 Å². The normalized spacial score (nSPS) is 24.9. The van der Waals surface area contributed by atoms with E-state index in [4.69, 9.17) is 0 Å². The molecule has 0 N–H and O–H groups in total. The number of hydrogen-bond acceptors (Lipinski definition) is 2. The molecule has 1 fully saturated rings. The van der Waals surface area contributed by atoms with Gasteiger partial charge in [-0.15, -0.1) is 6.58 Å². The summed E-state index contributed by atoms with van der Waals surface area (Å²) in [5.74, 6) is -0.498. The Morgan fingerprint density at radius 3 is 2.56 bits per heavy atom. The molecule has 2 atom stereocenters. The second kappa shape index (κ2) is 5.65. The molecule has 0 bridgehead atoms. The molecule has 0 aromatic rings. The van der Waals surface area contributed by atoms with Gasteiger partial charge in [-0.25, -0.2) is 0 Å². The Balaban J connectivity index is 2.78. The van der Waals surface area contributed by atoms with Gasteiger partial charge in [-0.3, -0.25) is 14.5 Å². The van der Waals surface area contributed by atoms with Gasteiger partial charge in [0.25, 0.3) is 0 Å². The van der Waals surface area contributed by atoms with Crippen molar-refractivity contribution in [3.8, 4) is 0 Å². The summed E-state index contributed by atoms with van der Waals surface area (Å²) in [6.07, 6.45) is 6.46. The third-order valence-electron chi connectivity index (χ3n) is 3.09. The molecule has 0 spiro atoms. The largest absolute Gasteiger partial charge is 0.275 e. The van der Waals surface area contributed by atoms with Crippen LogP contribution in [0.1, 0.15) is 13.3 Å². The van der Waals surface area contributed by atoms with Crippen molar-refractivity contribution in [3.05, 3.63) is 24.8 Å². The van der Waals surface area contributed by atoms with Gasteiger partial charge in [0.1, 0.15) is 0 Å². The number of carbonyl (C=O) groups excluding carboxylic acids is 2. The van der Waals surface area contributed by atoms with Gasteiger partial charge in [-0.05, 0) is 12.5 Å². The first-order valence-electron chi connectivity index (χ1n) is 6.39. The highest BCUT2D eigenvalue weighted by atomic mass is 28.3. The molecular formula is C14H23NO2Si. The van der Waals surface area contributed by atoms with Gasteiger partial charge in [-0.1, -0.05) is 37.9 Å². The lowest BCUT2D eigenvalue weighted by Gasteiger charge is -2.19. The van der Waals surface area contributed by atoms with E-state index in [-0.39, 0.29) is 23.8 Å². The predicted octanol–water partition coefficient (Wildman–Crippen LogP) is 2.83. The number of amides is 2. The Kier molecular flexibility index (Phi) is 4.68. The minimum Gasteiger partial charge on any atom is -0.275 e. The predicted molar refractivity (Wildman–Crippen MR) is 76.9 cm³/mol. The number of hydrogen-bond donors (Lipinski definition) is 0. The lowest BCUT2D eigenvalue weighted by atomic mass is 10.1. The molecule has 1 rings (SSSR count). The molecule has 4 heteroatoms. The minimum absolute atomic E-state index is 0.0886. The highest BCUT2D eigenvalue weighted by Crippen LogP contribution is 2.27. The zero-order valence-electron chi connectivity index (χ0n) is 11.8. The summed E-state index contributed by atoms with van der Waals surface area (Å²) in [5, 5.41) is 0. The van der Waals surface area contributed by atoms with Gasteiger partial charge in [0.15, 0.2) is 0 Å². The van der Waals surface area contributed by atoms with Crippen LogP contribution in [0.3, 0.4) is 0 Å². The van der Waals surface area contributed by atoms with Crippen molar-refractivity contribution in [1.82, 2.24) is 4.90 Å². The van der Waals surface area contributed by atoms with Gasteiger partial charge >= 0.3 is 0 Å². The summed E-state index contributed by atoms with van der Waals surface area (Å²) < 4.78 is 0. The molecule has 3 nitrogen and oxygen atoms in total. The van der Waals surface area contributed by atoms with E-state index in [0.717, 1.165) is 6.04 Å². The SMILES string of the molecule is C=C[C@@H]1C[C@H](/C=C\C[Si](C)(C)C)N(C(C)=O)C1=O. The molecule has 100 valence electrons. The van der Waals surface area contributed by atoms with Crippen molar-refractivity contribution in [2.75, 3.05) is 0 Å². The Labute approximate surface area is 111 Å². The fourth-order valence-electron chi connectivity index (χ4n) is 2.14. The highest BCUT2D eigenvalue weighted by molar-refractivity contribution is 6.76. The molecule has 0 aliphatic carbocycles. The molecule has 0 aromatic heterocycles. The maximum absolute atomic E-state index is 12.0. The average Bonchev–Trinajstić information content (AvgIpc) is 2.53. The molecule has 0 radical (unpaired) electrons. The van der Waals surface area contributed by atoms with Crippen LogP contribution >= 0.6 is 0 Å². The van der Waals surface area contributed by atoms with Crippen molar-refractivity contribution in [2.45, 2.75) is 45.1 Å². The molecule has 18 heavy (non-hydrogen) atoms. The van der Waals surface area contributed by atoms with E-state index < -0.39 is 8.07 Å². The fraction of sp³-hybridized carbons (Fsp3) is 0.571. The van der Waals surface area contributed by atoms with Gasteiger partial charge < -0.3 is 0 Å². The van der Waals surface area contributed by atoms with Crippen LogP contribution in [0.5, 0.6) is 0 Å². The summed E-state index contributed by atoms with van der Waals surface area (Å²) in [6.45, 7) is 12.0. The number of likely N-dealkylation sites (tertiary alicyclic amines) is 1. The molecule has 1 saturated heterocycles. The van der Waals surface area contributed by atoms with Gasteiger partial charge in [0.2, 0.25) is 11.8 Å². The summed E-state index contributed by atoms with van der Waals surface area (Å²) in [6, 6.07) is 0.983. The number of carbonyl (C=O) groups is 2. The standard InChI is InChI=1S/C14H23NO2Si/c1-6-12-10-13(8-7-9-18(3,4)5)15(11(2)16)14(12)17/h6-8,12-13H,1,9-10H2,2-5H3/b8-7-/t12-,13+/m1/s1. The van der Waals surface area contributed by atoms with Crippen molar-refractivity contribution in [3.63, 3.8) is 0 Å². The fourth-order valence-corrected chi connectivity index (χ4v) is 2.98. The number of nitrogens with zero attached hydrogens (tertiary/aromatic N) is 1. The molecular weight excluding hydrogens is 242 g/mol. The van der Waals surface area contributed by atoms with E-state index >= 15 is 0 Å². The van der Waals surface area contributed by atoms with E-state index in [2.05, 4.69) is 32.3 Å². The first-order chi connectivity index (χ1) is 8.26. The van der Waals surface area contributed by atoms with Crippen molar-refractivity contribution in [2.24, 2.45) is 5.92 Å². The van der Waals surface area contributed by atoms with Gasteiger partial charge in [-0.2, -0.15) is 0 Å².